The first kappa shape index (κ1) is 28.6. The van der Waals surface area contributed by atoms with Crippen LogP contribution >= 0.6 is 0 Å². The van der Waals surface area contributed by atoms with Gasteiger partial charge in [-0.3, -0.25) is 0 Å². The lowest BCUT2D eigenvalue weighted by Gasteiger charge is -2.02. The fourth-order valence-electron chi connectivity index (χ4n) is 1.67. The molecule has 150 valence electrons. The third kappa shape index (κ3) is 10.6. The summed E-state index contributed by atoms with van der Waals surface area (Å²) in [6, 6.07) is 12.0. The molecule has 4 heteroatoms. The van der Waals surface area contributed by atoms with Crippen LogP contribution in [0.15, 0.2) is 42.5 Å². The minimum absolute atomic E-state index is 0. The minimum Gasteiger partial charge on any atom is -0.494 e. The highest BCUT2D eigenvalue weighted by Crippen LogP contribution is 2.34. The van der Waals surface area contributed by atoms with E-state index < -0.39 is 0 Å². The molecule has 0 amide bonds. The van der Waals surface area contributed by atoms with Crippen molar-refractivity contribution in [2.75, 3.05) is 13.4 Å². The second-order valence-electron chi connectivity index (χ2n) is 4.24. The predicted octanol–water partition coefficient (Wildman–Crippen LogP) is 7.27. The zero-order valence-corrected chi connectivity index (χ0v) is 15.6. The van der Waals surface area contributed by atoms with Gasteiger partial charge in [0, 0.05) is 6.07 Å². The summed E-state index contributed by atoms with van der Waals surface area (Å²) < 4.78 is 27.7. The zero-order valence-electron chi connectivity index (χ0n) is 15.6. The molecule has 0 bridgehead atoms. The van der Waals surface area contributed by atoms with Gasteiger partial charge >= 0.3 is 0 Å². The Hall–Kier alpha value is -2.23. The fraction of sp³-hybridized carbons (Fsp3) is 0.455. The molecule has 0 saturated heterocycles. The molecule has 2 aromatic carbocycles. The molecule has 0 aromatic heterocycles. The van der Waals surface area contributed by atoms with E-state index >= 15 is 0 Å². The third-order valence-electron chi connectivity index (χ3n) is 2.67. The van der Waals surface area contributed by atoms with E-state index in [4.69, 9.17) is 14.2 Å². The van der Waals surface area contributed by atoms with Gasteiger partial charge in [0.05, 0.1) is 6.61 Å². The van der Waals surface area contributed by atoms with E-state index in [2.05, 4.69) is 0 Å². The first-order valence-electron chi connectivity index (χ1n) is 8.43. The van der Waals surface area contributed by atoms with E-state index in [1.807, 2.05) is 59.7 Å². The van der Waals surface area contributed by atoms with Gasteiger partial charge in [0.25, 0.3) is 0 Å². The molecular formula is C22H37FO3. The topological polar surface area (TPSA) is 27.7 Å². The summed E-state index contributed by atoms with van der Waals surface area (Å²) in [6.07, 6.45) is 0. The van der Waals surface area contributed by atoms with Crippen LogP contribution in [0.25, 0.3) is 0 Å². The SMILES string of the molecule is C.C.CC.CC.CCOc1ccc2c(c1)OCO2.Cc1ccc(F)cc1. The van der Waals surface area contributed by atoms with Crippen LogP contribution in [0.3, 0.4) is 0 Å². The Bertz CT molecular complexity index is 533. The normalized spacial score (nSPS) is 9.35. The lowest BCUT2D eigenvalue weighted by Crippen LogP contribution is -1.93. The number of hydrogen-bond acceptors (Lipinski definition) is 3. The van der Waals surface area contributed by atoms with Crippen molar-refractivity contribution >= 4 is 0 Å². The monoisotopic (exact) mass is 368 g/mol. The van der Waals surface area contributed by atoms with Gasteiger partial charge in [0.15, 0.2) is 11.5 Å². The Kier molecular flexibility index (Phi) is 19.3. The molecular weight excluding hydrogens is 331 g/mol. The van der Waals surface area contributed by atoms with Crippen LogP contribution < -0.4 is 14.2 Å². The highest BCUT2D eigenvalue weighted by Gasteiger charge is 2.13. The average molecular weight is 369 g/mol. The van der Waals surface area contributed by atoms with Gasteiger partial charge in [-0.2, -0.15) is 0 Å². The molecule has 0 N–H and O–H groups in total. The second-order valence-corrected chi connectivity index (χ2v) is 4.24. The molecule has 0 atom stereocenters. The minimum atomic E-state index is -0.171. The van der Waals surface area contributed by atoms with Crippen LogP contribution in [0.2, 0.25) is 0 Å². The lowest BCUT2D eigenvalue weighted by molar-refractivity contribution is 0.174. The van der Waals surface area contributed by atoms with Gasteiger partial charge in [0.2, 0.25) is 6.79 Å². The van der Waals surface area contributed by atoms with Crippen molar-refractivity contribution in [1.29, 1.82) is 0 Å². The summed E-state index contributed by atoms with van der Waals surface area (Å²) >= 11 is 0. The summed E-state index contributed by atoms with van der Waals surface area (Å²) in [5.41, 5.74) is 1.09. The Morgan fingerprint density at radius 3 is 1.92 bits per heavy atom. The molecule has 1 aliphatic heterocycles. The van der Waals surface area contributed by atoms with Crippen molar-refractivity contribution in [2.45, 2.75) is 56.4 Å². The van der Waals surface area contributed by atoms with E-state index in [1.165, 1.54) is 12.1 Å². The van der Waals surface area contributed by atoms with Crippen LogP contribution in [-0.2, 0) is 0 Å². The molecule has 3 nitrogen and oxygen atoms in total. The lowest BCUT2D eigenvalue weighted by atomic mass is 10.2. The molecule has 0 radical (unpaired) electrons. The van der Waals surface area contributed by atoms with Crippen molar-refractivity contribution in [3.8, 4) is 17.2 Å². The van der Waals surface area contributed by atoms with E-state index in [9.17, 15) is 4.39 Å². The Morgan fingerprint density at radius 2 is 1.42 bits per heavy atom. The van der Waals surface area contributed by atoms with E-state index in [0.717, 1.165) is 22.8 Å². The number of aryl methyl sites for hydroxylation is 1. The molecule has 0 saturated carbocycles. The van der Waals surface area contributed by atoms with Crippen LogP contribution in [0.1, 0.15) is 55.0 Å². The molecule has 0 unspecified atom stereocenters. The summed E-state index contributed by atoms with van der Waals surface area (Å²) in [4.78, 5) is 0. The summed E-state index contributed by atoms with van der Waals surface area (Å²) in [5, 5.41) is 0. The van der Waals surface area contributed by atoms with Gasteiger partial charge in [-0.05, 0) is 38.1 Å². The maximum Gasteiger partial charge on any atom is 0.231 e. The first-order valence-corrected chi connectivity index (χ1v) is 8.43. The Morgan fingerprint density at radius 1 is 0.885 bits per heavy atom. The third-order valence-corrected chi connectivity index (χ3v) is 2.67. The Balaban J connectivity index is -0.000000335. The number of rotatable bonds is 2. The van der Waals surface area contributed by atoms with Crippen molar-refractivity contribution in [3.05, 3.63) is 53.8 Å². The van der Waals surface area contributed by atoms with Gasteiger partial charge in [-0.25, -0.2) is 4.39 Å². The van der Waals surface area contributed by atoms with Crippen molar-refractivity contribution < 1.29 is 18.6 Å². The molecule has 3 rings (SSSR count). The second kappa shape index (κ2) is 17.6. The standard InChI is InChI=1S/C9H10O3.C7H7F.2C2H6.2CH4/c1-2-10-7-3-4-8-9(5-7)12-6-11-8;1-6-2-4-7(8)5-3-6;2*1-2;;/h3-5H,2,6H2,1H3;2-5H,1H3;2*1-2H3;2*1H4. The fourth-order valence-corrected chi connectivity index (χ4v) is 1.67. The van der Waals surface area contributed by atoms with E-state index in [0.29, 0.717) is 13.4 Å². The first-order chi connectivity index (χ1) is 11.7. The summed E-state index contributed by atoms with van der Waals surface area (Å²) in [6.45, 7) is 12.9. The highest BCUT2D eigenvalue weighted by atomic mass is 19.1. The number of hydrogen-bond donors (Lipinski definition) is 0. The number of benzene rings is 2. The number of halogens is 1. The Labute approximate surface area is 160 Å². The van der Waals surface area contributed by atoms with Gasteiger partial charge < -0.3 is 14.2 Å². The largest absolute Gasteiger partial charge is 0.494 e. The van der Waals surface area contributed by atoms with Crippen LogP contribution in [0, 0.1) is 12.7 Å². The molecule has 0 spiro atoms. The van der Waals surface area contributed by atoms with Crippen molar-refractivity contribution in [1.82, 2.24) is 0 Å². The highest BCUT2D eigenvalue weighted by molar-refractivity contribution is 5.46. The average Bonchev–Trinajstić information content (AvgIpc) is 3.10. The molecule has 1 heterocycles. The van der Waals surface area contributed by atoms with Crippen molar-refractivity contribution in [3.63, 3.8) is 0 Å². The summed E-state index contributed by atoms with van der Waals surface area (Å²) in [5.74, 6) is 2.21. The molecule has 0 aliphatic carbocycles. The van der Waals surface area contributed by atoms with E-state index in [1.54, 1.807) is 12.1 Å². The van der Waals surface area contributed by atoms with Gasteiger partial charge in [0.1, 0.15) is 11.6 Å². The maximum atomic E-state index is 12.1. The molecule has 2 aromatic rings. The van der Waals surface area contributed by atoms with Crippen molar-refractivity contribution in [2.24, 2.45) is 0 Å². The number of fused-ring (bicyclic) bond motifs is 1. The zero-order chi connectivity index (χ0) is 18.4. The van der Waals surface area contributed by atoms with Crippen LogP contribution in [0.4, 0.5) is 4.39 Å². The van der Waals surface area contributed by atoms with Gasteiger partial charge in [-0.1, -0.05) is 60.2 Å². The molecule has 26 heavy (non-hydrogen) atoms. The number of ether oxygens (including phenoxy) is 3. The van der Waals surface area contributed by atoms with Gasteiger partial charge in [-0.15, -0.1) is 0 Å². The predicted molar refractivity (Wildman–Crippen MR) is 111 cm³/mol. The maximum absolute atomic E-state index is 12.1. The quantitative estimate of drug-likeness (QED) is 0.557. The molecule has 0 fully saturated rings. The van der Waals surface area contributed by atoms with E-state index in [-0.39, 0.29) is 20.7 Å². The summed E-state index contributed by atoms with van der Waals surface area (Å²) in [7, 11) is 0. The van der Waals surface area contributed by atoms with Crippen LogP contribution in [0.5, 0.6) is 17.2 Å². The smallest absolute Gasteiger partial charge is 0.231 e. The van der Waals surface area contributed by atoms with Crippen LogP contribution in [-0.4, -0.2) is 13.4 Å². The molecule has 1 aliphatic rings.